The van der Waals surface area contributed by atoms with Crippen LogP contribution in [0, 0.1) is 0 Å². The first kappa shape index (κ1) is 20.7. The summed E-state index contributed by atoms with van der Waals surface area (Å²) in [6.45, 7) is 0. The SMILES string of the molecule is O=C(SCCC(F)(F)C(F)(F)C(F)CC(F)(F)F)c1ccccc1. The van der Waals surface area contributed by atoms with Gasteiger partial charge in [0.05, 0.1) is 6.42 Å². The number of carbonyl (C=O) groups is 1. The van der Waals surface area contributed by atoms with Crippen molar-refractivity contribution in [3.63, 3.8) is 0 Å². The molecule has 0 heterocycles. The van der Waals surface area contributed by atoms with E-state index >= 15 is 0 Å². The van der Waals surface area contributed by atoms with Gasteiger partial charge in [0.1, 0.15) is 0 Å². The molecule has 1 rings (SSSR count). The molecule has 10 heteroatoms. The minimum Gasteiger partial charge on any atom is -0.282 e. The number of rotatable bonds is 7. The third-order valence-electron chi connectivity index (χ3n) is 2.95. The molecule has 0 aliphatic carbocycles. The Balaban J connectivity index is 2.63. The molecular weight excluding hydrogens is 368 g/mol. The van der Waals surface area contributed by atoms with Crippen LogP contribution in [0.3, 0.4) is 0 Å². The molecule has 1 nitrogen and oxygen atoms in total. The number of halogens is 8. The van der Waals surface area contributed by atoms with Gasteiger partial charge in [0.2, 0.25) is 5.12 Å². The molecule has 0 aromatic heterocycles. The third kappa shape index (κ3) is 5.64. The molecule has 0 aliphatic heterocycles. The van der Waals surface area contributed by atoms with Crippen molar-refractivity contribution in [3.8, 4) is 0 Å². The van der Waals surface area contributed by atoms with E-state index < -0.39 is 47.9 Å². The zero-order valence-corrected chi connectivity index (χ0v) is 12.7. The van der Waals surface area contributed by atoms with Crippen LogP contribution in [-0.4, -0.2) is 35.1 Å². The number of thioether (sulfide) groups is 1. The van der Waals surface area contributed by atoms with E-state index in [1.807, 2.05) is 0 Å². The van der Waals surface area contributed by atoms with Gasteiger partial charge in [0.25, 0.3) is 0 Å². The van der Waals surface area contributed by atoms with E-state index in [9.17, 15) is 39.9 Å². The van der Waals surface area contributed by atoms with E-state index in [4.69, 9.17) is 0 Å². The smallest absolute Gasteiger partial charge is 0.282 e. The van der Waals surface area contributed by atoms with Crippen LogP contribution < -0.4 is 0 Å². The fraction of sp³-hybridized carbons (Fsp3) is 0.500. The van der Waals surface area contributed by atoms with E-state index in [-0.39, 0.29) is 5.56 Å². The molecule has 0 amide bonds. The number of benzene rings is 1. The molecule has 1 aromatic rings. The van der Waals surface area contributed by atoms with Crippen LogP contribution >= 0.6 is 11.8 Å². The van der Waals surface area contributed by atoms with Crippen molar-refractivity contribution in [1.29, 1.82) is 0 Å². The lowest BCUT2D eigenvalue weighted by molar-refractivity contribution is -0.257. The second-order valence-corrected chi connectivity index (χ2v) is 5.93. The molecular formula is C14H12F8OS. The summed E-state index contributed by atoms with van der Waals surface area (Å²) in [5.41, 5.74) is 0.151. The quantitative estimate of drug-likeness (QED) is 0.580. The van der Waals surface area contributed by atoms with Gasteiger partial charge in [-0.25, -0.2) is 4.39 Å². The van der Waals surface area contributed by atoms with Crippen LogP contribution in [0.15, 0.2) is 30.3 Å². The molecule has 0 saturated heterocycles. The first-order valence-corrected chi connectivity index (χ1v) is 7.54. The predicted molar refractivity (Wildman–Crippen MR) is 73.3 cm³/mol. The zero-order chi connectivity index (χ0) is 18.6. The van der Waals surface area contributed by atoms with E-state index in [0.29, 0.717) is 11.8 Å². The van der Waals surface area contributed by atoms with Gasteiger partial charge in [0.15, 0.2) is 6.17 Å². The molecule has 0 N–H and O–H groups in total. The maximum atomic E-state index is 13.4. The highest BCUT2D eigenvalue weighted by Crippen LogP contribution is 2.44. The summed E-state index contributed by atoms with van der Waals surface area (Å²) in [6.07, 6.45) is -13.7. The molecule has 136 valence electrons. The van der Waals surface area contributed by atoms with Gasteiger partial charge in [-0.2, -0.15) is 30.7 Å². The second kappa shape index (κ2) is 7.71. The number of hydrogen-bond donors (Lipinski definition) is 0. The summed E-state index contributed by atoms with van der Waals surface area (Å²) in [6, 6.07) is 7.35. The Hall–Kier alpha value is -1.32. The molecule has 1 aromatic carbocycles. The molecule has 0 saturated carbocycles. The lowest BCUT2D eigenvalue weighted by atomic mass is 10.0. The molecule has 0 radical (unpaired) electrons. The van der Waals surface area contributed by atoms with Gasteiger partial charge in [-0.05, 0) is 0 Å². The van der Waals surface area contributed by atoms with Crippen molar-refractivity contribution in [1.82, 2.24) is 0 Å². The van der Waals surface area contributed by atoms with Gasteiger partial charge < -0.3 is 0 Å². The highest BCUT2D eigenvalue weighted by molar-refractivity contribution is 8.14. The first-order valence-electron chi connectivity index (χ1n) is 6.55. The highest BCUT2D eigenvalue weighted by Gasteiger charge is 2.62. The molecule has 0 aliphatic rings. The average Bonchev–Trinajstić information content (AvgIpc) is 2.45. The summed E-state index contributed by atoms with van der Waals surface area (Å²) in [5.74, 6) is -11.3. The Labute approximate surface area is 136 Å². The largest absolute Gasteiger partial charge is 0.392 e. The summed E-state index contributed by atoms with van der Waals surface area (Å²) in [7, 11) is 0. The van der Waals surface area contributed by atoms with Gasteiger partial charge in [-0.1, -0.05) is 42.1 Å². The lowest BCUT2D eigenvalue weighted by Gasteiger charge is -2.29. The monoisotopic (exact) mass is 380 g/mol. The fourth-order valence-corrected chi connectivity index (χ4v) is 2.50. The zero-order valence-electron chi connectivity index (χ0n) is 11.9. The molecule has 0 bridgehead atoms. The van der Waals surface area contributed by atoms with Crippen LogP contribution in [0.2, 0.25) is 0 Å². The van der Waals surface area contributed by atoms with E-state index in [1.54, 1.807) is 6.07 Å². The van der Waals surface area contributed by atoms with Gasteiger partial charge in [0, 0.05) is 17.7 Å². The Morgan fingerprint density at radius 1 is 1.00 bits per heavy atom. The number of carbonyl (C=O) groups excluding carboxylic acids is 1. The number of hydrogen-bond acceptors (Lipinski definition) is 2. The maximum Gasteiger partial charge on any atom is 0.392 e. The molecule has 1 atom stereocenters. The predicted octanol–water partition coefficient (Wildman–Crippen LogP) is 5.51. The van der Waals surface area contributed by atoms with Crippen molar-refractivity contribution in [2.75, 3.05) is 5.75 Å². The normalized spacial score (nSPS) is 14.5. The summed E-state index contributed by atoms with van der Waals surface area (Å²) in [4.78, 5) is 11.6. The lowest BCUT2D eigenvalue weighted by Crippen LogP contribution is -2.49. The Kier molecular flexibility index (Phi) is 6.66. The van der Waals surface area contributed by atoms with Crippen molar-refractivity contribution in [2.24, 2.45) is 0 Å². The van der Waals surface area contributed by atoms with E-state index in [0.717, 1.165) is 0 Å². The Morgan fingerprint density at radius 3 is 2.04 bits per heavy atom. The standard InChI is InChI=1S/C14H12F8OS/c15-10(8-13(18,19)20)14(21,22)12(16,17)6-7-24-11(23)9-4-2-1-3-5-9/h1-5,10H,6-8H2. The highest BCUT2D eigenvalue weighted by atomic mass is 32.2. The second-order valence-electron chi connectivity index (χ2n) is 4.87. The summed E-state index contributed by atoms with van der Waals surface area (Å²) < 4.78 is 102. The van der Waals surface area contributed by atoms with Gasteiger partial charge >= 0.3 is 18.0 Å². The molecule has 0 spiro atoms. The van der Waals surface area contributed by atoms with Gasteiger partial charge in [-0.3, -0.25) is 4.79 Å². The first-order chi connectivity index (χ1) is 10.9. The molecule has 1 unspecified atom stereocenters. The van der Waals surface area contributed by atoms with Crippen molar-refractivity contribution >= 4 is 16.9 Å². The van der Waals surface area contributed by atoms with Crippen LogP contribution in [0.1, 0.15) is 23.2 Å². The van der Waals surface area contributed by atoms with Crippen LogP contribution in [-0.2, 0) is 0 Å². The Bertz CT molecular complexity index is 543. The van der Waals surface area contributed by atoms with E-state index in [2.05, 4.69) is 0 Å². The van der Waals surface area contributed by atoms with E-state index in [1.165, 1.54) is 24.3 Å². The molecule has 24 heavy (non-hydrogen) atoms. The summed E-state index contributed by atoms with van der Waals surface area (Å²) >= 11 is 0.300. The van der Waals surface area contributed by atoms with Crippen molar-refractivity contribution < 1.29 is 39.9 Å². The maximum absolute atomic E-state index is 13.4. The van der Waals surface area contributed by atoms with Crippen molar-refractivity contribution in [2.45, 2.75) is 37.0 Å². The fourth-order valence-electron chi connectivity index (χ4n) is 1.66. The minimum absolute atomic E-state index is 0.151. The van der Waals surface area contributed by atoms with Crippen LogP contribution in [0.25, 0.3) is 0 Å². The topological polar surface area (TPSA) is 17.1 Å². The average molecular weight is 380 g/mol. The van der Waals surface area contributed by atoms with Crippen LogP contribution in [0.5, 0.6) is 0 Å². The van der Waals surface area contributed by atoms with Crippen LogP contribution in [0.4, 0.5) is 35.1 Å². The Morgan fingerprint density at radius 2 is 1.54 bits per heavy atom. The van der Waals surface area contributed by atoms with Crippen molar-refractivity contribution in [3.05, 3.63) is 35.9 Å². The summed E-state index contributed by atoms with van der Waals surface area (Å²) in [5, 5.41) is -0.665. The molecule has 0 fully saturated rings. The number of alkyl halides is 8. The minimum atomic E-state index is -5.49. The third-order valence-corrected chi connectivity index (χ3v) is 3.86. The van der Waals surface area contributed by atoms with Gasteiger partial charge in [-0.15, -0.1) is 0 Å².